The smallest absolute Gasteiger partial charge is 0.361 e. The van der Waals surface area contributed by atoms with Crippen molar-refractivity contribution < 1.29 is 120 Å². The molecule has 8 N–H and O–H groups in total. The maximum atomic E-state index is 12.0. The predicted molar refractivity (Wildman–Crippen MR) is 253 cm³/mol. The normalized spacial score (nSPS) is 15.7. The summed E-state index contributed by atoms with van der Waals surface area (Å²) in [5.41, 5.74) is 0. The summed E-state index contributed by atoms with van der Waals surface area (Å²) in [6.07, 6.45) is -0.102. The Labute approximate surface area is 426 Å². The van der Waals surface area contributed by atoms with Crippen LogP contribution in [0.2, 0.25) is 0 Å². The fourth-order valence-electron chi connectivity index (χ4n) is 4.82. The van der Waals surface area contributed by atoms with E-state index in [0.717, 1.165) is 6.61 Å². The van der Waals surface area contributed by atoms with Gasteiger partial charge in [0.15, 0.2) is 18.4 Å². The number of likely N-dealkylation sites (tertiary alicyclic amines) is 1. The molecule has 0 aromatic heterocycles. The first-order valence-electron chi connectivity index (χ1n) is 22.3. The van der Waals surface area contributed by atoms with Gasteiger partial charge in [-0.25, -0.2) is 4.79 Å². The van der Waals surface area contributed by atoms with Gasteiger partial charge in [0.1, 0.15) is 51.8 Å². The number of carboxylic acid groups (broad SMARTS) is 2. The number of nitrogens with zero attached hydrogens (tertiary/aromatic N) is 1. The summed E-state index contributed by atoms with van der Waals surface area (Å²) >= 11 is 5.27. The topological polar surface area (TPSA) is 379 Å². The number of epoxide rings is 1. The first kappa shape index (κ1) is 74.4. The molecule has 28 nitrogen and oxygen atoms in total. The lowest BCUT2D eigenvalue weighted by atomic mass is 10.1. The molecule has 0 bridgehead atoms. The third kappa shape index (κ3) is 58.5. The number of alkyl halides is 1. The Balaban J connectivity index is -0.000000495. The van der Waals surface area contributed by atoms with E-state index < -0.39 is 41.9 Å². The van der Waals surface area contributed by atoms with Gasteiger partial charge in [-0.15, -0.1) is 11.6 Å². The van der Waals surface area contributed by atoms with Crippen LogP contribution in [0.3, 0.4) is 0 Å². The molecule has 1 atom stereocenters. The van der Waals surface area contributed by atoms with Crippen molar-refractivity contribution in [2.75, 3.05) is 198 Å². The number of hydrogen-bond donors (Lipinski definition) is 8. The molecule has 2 fully saturated rings. The highest BCUT2D eigenvalue weighted by Crippen LogP contribution is 2.20. The number of ether oxygens (including phenoxy) is 11. The average molecular weight is 1070 g/mol. The summed E-state index contributed by atoms with van der Waals surface area (Å²) in [7, 11) is 3.15. The van der Waals surface area contributed by atoms with Crippen molar-refractivity contribution in [2.45, 2.75) is 33.5 Å². The molecule has 424 valence electrons. The fourth-order valence-corrected chi connectivity index (χ4v) is 5.00. The molecule has 2 aliphatic heterocycles. The van der Waals surface area contributed by atoms with Crippen LogP contribution in [0.25, 0.3) is 0 Å². The fraction of sp³-hybridized carbons (Fsp3) is 0.814. The molecule has 0 saturated carbocycles. The summed E-state index contributed by atoms with van der Waals surface area (Å²) in [4.78, 5) is 87.4. The van der Waals surface area contributed by atoms with E-state index >= 15 is 0 Å². The Morgan fingerprint density at radius 3 is 1.17 bits per heavy atom. The Morgan fingerprint density at radius 1 is 0.528 bits per heavy atom. The average Bonchev–Trinajstić information content (AvgIpc) is 4.14. The van der Waals surface area contributed by atoms with Crippen LogP contribution >= 0.6 is 11.6 Å². The highest BCUT2D eigenvalue weighted by Gasteiger charge is 2.45. The summed E-state index contributed by atoms with van der Waals surface area (Å²) in [5.74, 6) is -3.44. The zero-order valence-electron chi connectivity index (χ0n) is 41.3. The van der Waals surface area contributed by atoms with Gasteiger partial charge >= 0.3 is 35.8 Å². The van der Waals surface area contributed by atoms with Crippen molar-refractivity contribution in [3.05, 3.63) is 0 Å². The van der Waals surface area contributed by atoms with Gasteiger partial charge in [-0.3, -0.25) is 44.2 Å². The van der Waals surface area contributed by atoms with Gasteiger partial charge in [0.25, 0.3) is 0 Å². The predicted octanol–water partition coefficient (Wildman–Crippen LogP) is -3.97. The number of carboxylic acids is 2. The number of esters is 4. The number of rotatable bonds is 39. The second kappa shape index (κ2) is 53.2. The first-order valence-corrected chi connectivity index (χ1v) is 22.8. The van der Waals surface area contributed by atoms with E-state index in [-0.39, 0.29) is 135 Å². The van der Waals surface area contributed by atoms with Crippen molar-refractivity contribution in [1.82, 2.24) is 16.0 Å². The molecule has 0 radical (unpaired) electrons. The van der Waals surface area contributed by atoms with Crippen molar-refractivity contribution in [3.8, 4) is 0 Å². The molecule has 29 heteroatoms. The summed E-state index contributed by atoms with van der Waals surface area (Å²) in [5, 5.41) is 49.1. The van der Waals surface area contributed by atoms with Crippen LogP contribution in [0, 0.1) is 0 Å². The number of aliphatic hydroxyl groups excluding tert-OH is 3. The van der Waals surface area contributed by atoms with Crippen LogP contribution < -0.4 is 16.0 Å². The number of quaternary nitrogens is 1. The van der Waals surface area contributed by atoms with E-state index in [4.69, 9.17) is 79.4 Å². The van der Waals surface area contributed by atoms with Crippen LogP contribution in [-0.2, 0) is 90.5 Å². The minimum Gasteiger partial charge on any atom is -0.480 e. The molecular weight excluding hydrogens is 992 g/mol. The van der Waals surface area contributed by atoms with Crippen molar-refractivity contribution in [1.29, 1.82) is 0 Å². The lowest BCUT2D eigenvalue weighted by Crippen LogP contribution is -2.69. The first-order chi connectivity index (χ1) is 33.9. The molecule has 72 heavy (non-hydrogen) atoms. The quantitative estimate of drug-likeness (QED) is 0.00727. The summed E-state index contributed by atoms with van der Waals surface area (Å²) < 4.78 is 54.4. The molecule has 0 spiro atoms. The Bertz CT molecular complexity index is 1390. The van der Waals surface area contributed by atoms with Gasteiger partial charge in [-0.05, 0) is 6.92 Å². The van der Waals surface area contributed by atoms with E-state index in [1.165, 1.54) is 13.8 Å². The molecule has 2 aliphatic rings. The van der Waals surface area contributed by atoms with Crippen LogP contribution in [0.15, 0.2) is 0 Å². The monoisotopic (exact) mass is 1070 g/mol. The number of hydrogen-bond acceptors (Lipinski definition) is 25. The number of nitrogens with one attached hydrogen (secondary N) is 3. The van der Waals surface area contributed by atoms with Gasteiger partial charge in [0, 0.05) is 21.1 Å². The number of carbonyl (C=O) groups is 8. The van der Waals surface area contributed by atoms with E-state index in [9.17, 15) is 43.5 Å². The largest absolute Gasteiger partial charge is 0.480 e. The highest BCUT2D eigenvalue weighted by molar-refractivity contribution is 6.18. The molecule has 0 aliphatic carbocycles. The zero-order valence-corrected chi connectivity index (χ0v) is 42.0. The molecule has 0 aromatic carbocycles. The van der Waals surface area contributed by atoms with E-state index in [0.29, 0.717) is 71.3 Å². The molecule has 2 heterocycles. The van der Waals surface area contributed by atoms with E-state index in [1.54, 1.807) is 14.2 Å². The minimum atomic E-state index is -1.06. The van der Waals surface area contributed by atoms with Crippen LogP contribution in [-0.4, -0.2) is 287 Å². The van der Waals surface area contributed by atoms with Crippen molar-refractivity contribution in [3.63, 3.8) is 0 Å². The number of halogens is 1. The second-order valence-corrected chi connectivity index (χ2v) is 14.9. The molecular formula is C43H82ClN4O24+. The van der Waals surface area contributed by atoms with Crippen LogP contribution in [0.4, 0.5) is 0 Å². The Morgan fingerprint density at radius 2 is 0.875 bits per heavy atom. The Hall–Kier alpha value is -4.11. The lowest BCUT2D eigenvalue weighted by Gasteiger charge is -2.46. The van der Waals surface area contributed by atoms with Crippen LogP contribution in [0.1, 0.15) is 21.3 Å². The molecule has 2 rings (SSSR count). The molecule has 0 amide bonds. The number of ketones is 2. The van der Waals surface area contributed by atoms with Crippen molar-refractivity contribution in [2.24, 2.45) is 0 Å². The number of methoxy groups -OCH3 is 2. The number of carbonyl (C=O) groups excluding carboxylic acids is 6. The minimum absolute atomic E-state index is 0. The maximum Gasteiger partial charge on any atom is 0.361 e. The second-order valence-electron chi connectivity index (χ2n) is 14.6. The van der Waals surface area contributed by atoms with Gasteiger partial charge in [0.05, 0.1) is 137 Å². The molecule has 2 saturated heterocycles. The maximum absolute atomic E-state index is 12.0. The molecule has 1 unspecified atom stereocenters. The van der Waals surface area contributed by atoms with Gasteiger partial charge in [-0.2, -0.15) is 0 Å². The Kier molecular flexibility index (Phi) is 55.0. The third-order valence-electron chi connectivity index (χ3n) is 7.83. The standard InChI is InChI=1S/C21H37N2O11.C10H19NO5.C4H7NO4.C4H10O3.C3H5ClO.CH4/c1-17(24)13-23(14-18(25)15-23)16-21(28)34-10-7-31-6-9-33-20(27)12-22-11-19(26)32-8-5-30-4-3-29-2;1-9(12)7-11-8-10(13)16-6-5-15-4-3-14-2;6-3(7)1-5-2-4(8)9;5-1-3-7-4-2-6;4-1-3-2-5-3;/h18,22,25H,3-16H2,1-2H3;11H,3-8H2,1-2H3;5H,1-2H2,(H,6,7)(H,8,9);5-6H,1-4H2;3H,1-2H2;1H4/q+1;;;;;. The number of Topliss-reactive ketones (excluding diaryl/α,β-unsaturated/α-hetero) is 2. The van der Waals surface area contributed by atoms with Gasteiger partial charge in [0.2, 0.25) is 0 Å². The summed E-state index contributed by atoms with van der Waals surface area (Å²) in [6, 6.07) is 0. The molecule has 0 aromatic rings. The summed E-state index contributed by atoms with van der Waals surface area (Å²) in [6.45, 7) is 7.79. The lowest BCUT2D eigenvalue weighted by molar-refractivity contribution is -0.959. The third-order valence-corrected chi connectivity index (χ3v) is 8.17. The van der Waals surface area contributed by atoms with E-state index in [1.807, 2.05) is 0 Å². The number of aliphatic carboxylic acids is 2. The van der Waals surface area contributed by atoms with Crippen LogP contribution in [0.5, 0.6) is 0 Å². The van der Waals surface area contributed by atoms with E-state index in [2.05, 4.69) is 20.7 Å². The van der Waals surface area contributed by atoms with Gasteiger partial charge in [-0.1, -0.05) is 7.43 Å². The number of aliphatic hydroxyl groups is 3. The zero-order chi connectivity index (χ0) is 54.0. The van der Waals surface area contributed by atoms with Crippen molar-refractivity contribution >= 4 is 59.0 Å². The highest BCUT2D eigenvalue weighted by atomic mass is 35.5. The van der Waals surface area contributed by atoms with Gasteiger partial charge < -0.3 is 87.4 Å². The SMILES string of the molecule is C.COCCOCCOC(=O)CNCC(=O)OCCOCCOC(=O)C[N+]1(CC(C)=O)CC(O)C1.COCCOCCOC(=O)CNCC(C)=O.ClCC1CO1.O=C(O)CNCC(=O)O.OCCOCCO.